The van der Waals surface area contributed by atoms with Gasteiger partial charge in [-0.2, -0.15) is 13.2 Å². The molecule has 7 nitrogen and oxygen atoms in total. The molecule has 11 heteroatoms. The Morgan fingerprint density at radius 1 is 0.750 bits per heavy atom. The summed E-state index contributed by atoms with van der Waals surface area (Å²) in [6.07, 6.45) is -0.722. The number of benzene rings is 5. The van der Waals surface area contributed by atoms with E-state index < -0.39 is 23.6 Å². The predicted molar refractivity (Wildman–Crippen MR) is 179 cm³/mol. The first-order chi connectivity index (χ1) is 23.1. The van der Waals surface area contributed by atoms with Gasteiger partial charge in [-0.25, -0.2) is 4.79 Å². The molecule has 0 spiro atoms. The van der Waals surface area contributed by atoms with E-state index in [0.29, 0.717) is 17.1 Å². The summed E-state index contributed by atoms with van der Waals surface area (Å²) in [7, 11) is 0. The van der Waals surface area contributed by atoms with Crippen molar-refractivity contribution in [2.75, 3.05) is 5.32 Å². The number of anilines is 1. The van der Waals surface area contributed by atoms with Crippen LogP contribution in [0.5, 0.6) is 17.2 Å². The molecular formula is C37H31F3N2O5S. The SMILES string of the molecule is O=C(Nc1ccccc1C(=O)O)c1ccc(Oc2ccc3cc(OC4CCC(NSc5ccc(C(F)(F)F)cc5)CC4)ccc3c2)cc1. The van der Waals surface area contributed by atoms with Gasteiger partial charge in [0.25, 0.3) is 5.91 Å². The number of halogens is 3. The molecule has 1 amide bonds. The monoisotopic (exact) mass is 672 g/mol. The number of aromatic carboxylic acids is 1. The summed E-state index contributed by atoms with van der Waals surface area (Å²) in [4.78, 5) is 24.9. The average Bonchev–Trinajstić information content (AvgIpc) is 3.08. The van der Waals surface area contributed by atoms with Crippen LogP contribution in [0.15, 0.2) is 114 Å². The molecule has 3 N–H and O–H groups in total. The van der Waals surface area contributed by atoms with Crippen molar-refractivity contribution in [1.82, 2.24) is 4.72 Å². The summed E-state index contributed by atoms with van der Waals surface area (Å²) >= 11 is 1.36. The van der Waals surface area contributed by atoms with E-state index in [1.165, 1.54) is 36.2 Å². The van der Waals surface area contributed by atoms with Crippen LogP contribution in [0.3, 0.4) is 0 Å². The fraction of sp³-hybridized carbons (Fsp3) is 0.189. The number of hydrogen-bond acceptors (Lipinski definition) is 6. The topological polar surface area (TPSA) is 96.9 Å². The number of alkyl halides is 3. The van der Waals surface area contributed by atoms with Crippen molar-refractivity contribution < 1.29 is 37.3 Å². The number of ether oxygens (including phenoxy) is 2. The molecule has 0 atom stereocenters. The molecule has 1 aliphatic carbocycles. The van der Waals surface area contributed by atoms with Crippen LogP contribution in [0.2, 0.25) is 0 Å². The van der Waals surface area contributed by atoms with Gasteiger partial charge in [0.05, 0.1) is 22.9 Å². The molecule has 5 aromatic carbocycles. The number of amides is 1. The Balaban J connectivity index is 0.986. The fourth-order valence-electron chi connectivity index (χ4n) is 5.48. The van der Waals surface area contributed by atoms with Crippen LogP contribution in [-0.2, 0) is 6.18 Å². The Labute approximate surface area is 279 Å². The van der Waals surface area contributed by atoms with E-state index in [2.05, 4.69) is 10.0 Å². The minimum absolute atomic E-state index is 0.00913. The third-order valence-corrected chi connectivity index (χ3v) is 9.00. The van der Waals surface area contributed by atoms with Crippen molar-refractivity contribution in [2.24, 2.45) is 0 Å². The molecule has 246 valence electrons. The van der Waals surface area contributed by atoms with Crippen molar-refractivity contribution in [3.63, 3.8) is 0 Å². The standard InChI is InChI=1S/C37H31F3N2O5S/c38-37(39,40)26-9-19-32(20-10-26)48-42-27-11-17-29(18-12-27)47-31-16-8-24-21-30(15-7-25(24)22-31)46-28-13-5-23(6-14-28)35(43)41-34-4-2-1-3-33(34)36(44)45/h1-10,13-16,19-22,27,29,42H,11-12,17-18H2,(H,41,43)(H,44,45). The zero-order chi connectivity index (χ0) is 33.7. The van der Waals surface area contributed by atoms with E-state index in [0.717, 1.165) is 59.2 Å². The molecule has 0 heterocycles. The highest BCUT2D eigenvalue weighted by Crippen LogP contribution is 2.33. The zero-order valence-corrected chi connectivity index (χ0v) is 26.3. The van der Waals surface area contributed by atoms with E-state index in [1.807, 2.05) is 36.4 Å². The lowest BCUT2D eigenvalue weighted by Crippen LogP contribution is -2.33. The summed E-state index contributed by atoms with van der Waals surface area (Å²) < 4.78 is 54.1. The van der Waals surface area contributed by atoms with Crippen LogP contribution in [0, 0.1) is 0 Å². The van der Waals surface area contributed by atoms with Gasteiger partial charge in [0.1, 0.15) is 17.2 Å². The first kappa shape index (κ1) is 32.9. The van der Waals surface area contributed by atoms with E-state index >= 15 is 0 Å². The number of carbonyl (C=O) groups excluding carboxylic acids is 1. The molecule has 6 rings (SSSR count). The van der Waals surface area contributed by atoms with Gasteiger partial charge in [0.2, 0.25) is 0 Å². The van der Waals surface area contributed by atoms with Gasteiger partial charge in [-0.3, -0.25) is 9.52 Å². The molecular weight excluding hydrogens is 641 g/mol. The molecule has 0 unspecified atom stereocenters. The second-order valence-corrected chi connectivity index (χ2v) is 12.3. The Morgan fingerprint density at radius 3 is 2.04 bits per heavy atom. The van der Waals surface area contributed by atoms with Crippen LogP contribution in [0.4, 0.5) is 18.9 Å². The molecule has 1 saturated carbocycles. The molecule has 1 aliphatic rings. The molecule has 48 heavy (non-hydrogen) atoms. The highest BCUT2D eigenvalue weighted by molar-refractivity contribution is 7.97. The third-order valence-electron chi connectivity index (χ3n) is 8.04. The van der Waals surface area contributed by atoms with Crippen molar-refractivity contribution in [1.29, 1.82) is 0 Å². The maximum atomic E-state index is 12.8. The molecule has 0 bridgehead atoms. The van der Waals surface area contributed by atoms with Crippen molar-refractivity contribution >= 4 is 40.3 Å². The number of fused-ring (bicyclic) bond motifs is 1. The first-order valence-electron chi connectivity index (χ1n) is 15.3. The van der Waals surface area contributed by atoms with Gasteiger partial charge in [-0.15, -0.1) is 0 Å². The highest BCUT2D eigenvalue weighted by Gasteiger charge is 2.30. The summed E-state index contributed by atoms with van der Waals surface area (Å²) in [6, 6.07) is 29.9. The second kappa shape index (κ2) is 14.4. The van der Waals surface area contributed by atoms with Gasteiger partial charge in [0, 0.05) is 16.5 Å². The number of rotatable bonds is 10. The quantitative estimate of drug-likeness (QED) is 0.127. The number of carbonyl (C=O) groups is 2. The number of carboxylic acids is 1. The second-order valence-electron chi connectivity index (χ2n) is 11.4. The van der Waals surface area contributed by atoms with Gasteiger partial charge in [-0.05, 0) is 133 Å². The molecule has 1 fully saturated rings. The van der Waals surface area contributed by atoms with E-state index in [4.69, 9.17) is 9.47 Å². The third kappa shape index (κ3) is 8.28. The Kier molecular flexibility index (Phi) is 9.88. The Bertz CT molecular complexity index is 1910. The number of carboxylic acid groups (broad SMARTS) is 1. The molecule has 0 aliphatic heterocycles. The fourth-order valence-corrected chi connectivity index (χ4v) is 6.29. The Morgan fingerprint density at radius 2 is 1.38 bits per heavy atom. The lowest BCUT2D eigenvalue weighted by Gasteiger charge is -2.29. The van der Waals surface area contributed by atoms with E-state index in [9.17, 15) is 27.9 Å². The summed E-state index contributed by atoms with van der Waals surface area (Å²) in [5.74, 6) is 0.398. The van der Waals surface area contributed by atoms with Gasteiger partial charge in [0.15, 0.2) is 0 Å². The minimum atomic E-state index is -4.34. The van der Waals surface area contributed by atoms with E-state index in [-0.39, 0.29) is 23.4 Å². The largest absolute Gasteiger partial charge is 0.490 e. The average molecular weight is 673 g/mol. The maximum Gasteiger partial charge on any atom is 0.416 e. The van der Waals surface area contributed by atoms with Crippen molar-refractivity contribution in [3.05, 3.63) is 126 Å². The number of nitrogens with one attached hydrogen (secondary N) is 2. The van der Waals surface area contributed by atoms with Crippen molar-refractivity contribution in [3.8, 4) is 17.2 Å². The lowest BCUT2D eigenvalue weighted by atomic mass is 9.93. The van der Waals surface area contributed by atoms with Crippen LogP contribution in [0.1, 0.15) is 52.0 Å². The van der Waals surface area contributed by atoms with Crippen LogP contribution in [0.25, 0.3) is 10.8 Å². The van der Waals surface area contributed by atoms with E-state index in [1.54, 1.807) is 36.4 Å². The normalized spacial score (nSPS) is 16.3. The number of hydrogen-bond donors (Lipinski definition) is 3. The molecule has 0 saturated heterocycles. The summed E-state index contributed by atoms with van der Waals surface area (Å²) in [5, 5.41) is 14.0. The zero-order valence-electron chi connectivity index (χ0n) is 25.5. The molecule has 0 aromatic heterocycles. The van der Waals surface area contributed by atoms with Crippen LogP contribution < -0.4 is 19.5 Å². The molecule has 5 aromatic rings. The van der Waals surface area contributed by atoms with Crippen LogP contribution in [-0.4, -0.2) is 29.1 Å². The smallest absolute Gasteiger partial charge is 0.416 e. The predicted octanol–water partition coefficient (Wildman–Crippen LogP) is 9.59. The van der Waals surface area contributed by atoms with Crippen molar-refractivity contribution in [2.45, 2.75) is 48.9 Å². The highest BCUT2D eigenvalue weighted by atomic mass is 32.2. The van der Waals surface area contributed by atoms with Gasteiger partial charge < -0.3 is 19.9 Å². The summed E-state index contributed by atoms with van der Waals surface area (Å²) in [5.41, 5.74) is -0.0650. The first-order valence-corrected chi connectivity index (χ1v) is 16.1. The number of para-hydroxylation sites is 1. The lowest BCUT2D eigenvalue weighted by molar-refractivity contribution is -0.137. The maximum absolute atomic E-state index is 12.8. The van der Waals surface area contributed by atoms with Gasteiger partial charge >= 0.3 is 12.1 Å². The van der Waals surface area contributed by atoms with Crippen LogP contribution >= 0.6 is 11.9 Å². The van der Waals surface area contributed by atoms with Gasteiger partial charge in [-0.1, -0.05) is 24.3 Å². The molecule has 0 radical (unpaired) electrons. The minimum Gasteiger partial charge on any atom is -0.490 e. The summed E-state index contributed by atoms with van der Waals surface area (Å²) in [6.45, 7) is 0. The Hall–Kier alpha value is -5.00.